The molecule has 1 amide bonds. The Morgan fingerprint density at radius 3 is 2.36 bits per heavy atom. The van der Waals surface area contributed by atoms with Crippen LogP contribution in [0, 0.1) is 12.7 Å². The molecule has 152 valence electrons. The molecule has 6 nitrogen and oxygen atoms in total. The Labute approximate surface area is 165 Å². The second kappa shape index (κ2) is 9.27. The Morgan fingerprint density at radius 1 is 1.14 bits per heavy atom. The van der Waals surface area contributed by atoms with Gasteiger partial charge in [0.1, 0.15) is 5.82 Å². The number of hydrogen-bond donors (Lipinski definition) is 2. The van der Waals surface area contributed by atoms with E-state index in [1.165, 1.54) is 24.3 Å². The average molecular weight is 408 g/mol. The van der Waals surface area contributed by atoms with E-state index in [-0.39, 0.29) is 29.2 Å². The number of nitrogens with one attached hydrogen (secondary N) is 2. The first-order valence-electron chi connectivity index (χ1n) is 8.96. The number of hydrogen-bond acceptors (Lipinski definition) is 4. The van der Waals surface area contributed by atoms with E-state index in [9.17, 15) is 17.6 Å². The van der Waals surface area contributed by atoms with Crippen LogP contribution in [0.2, 0.25) is 0 Å². The molecule has 0 saturated heterocycles. The third kappa shape index (κ3) is 5.37. The average Bonchev–Trinajstić information content (AvgIpc) is 2.63. The van der Waals surface area contributed by atoms with Crippen LogP contribution in [0.1, 0.15) is 34.5 Å². The van der Waals surface area contributed by atoms with Gasteiger partial charge in [0, 0.05) is 18.7 Å². The molecule has 0 radical (unpaired) electrons. The Kier molecular flexibility index (Phi) is 7.29. The fourth-order valence-electron chi connectivity index (χ4n) is 2.85. The van der Waals surface area contributed by atoms with E-state index >= 15 is 0 Å². The Hall–Kier alpha value is -2.29. The van der Waals surface area contributed by atoms with E-state index in [1.807, 2.05) is 19.0 Å². The van der Waals surface area contributed by atoms with Crippen molar-refractivity contribution in [1.82, 2.24) is 14.9 Å². The molecule has 2 N–H and O–H groups in total. The Morgan fingerprint density at radius 2 is 1.79 bits per heavy atom. The van der Waals surface area contributed by atoms with Crippen LogP contribution in [-0.4, -0.2) is 46.4 Å². The van der Waals surface area contributed by atoms with Crippen LogP contribution >= 0.6 is 0 Å². The van der Waals surface area contributed by atoms with Crippen LogP contribution in [0.4, 0.5) is 4.39 Å². The lowest BCUT2D eigenvalue weighted by Crippen LogP contribution is -2.35. The Balaban J connectivity index is 2.20. The van der Waals surface area contributed by atoms with Crippen LogP contribution in [0.25, 0.3) is 0 Å². The van der Waals surface area contributed by atoms with Crippen molar-refractivity contribution in [2.24, 2.45) is 0 Å². The molecule has 0 aliphatic carbocycles. The maximum Gasteiger partial charge on any atom is 0.251 e. The van der Waals surface area contributed by atoms with Gasteiger partial charge in [-0.1, -0.05) is 25.1 Å². The van der Waals surface area contributed by atoms with Gasteiger partial charge in [-0.15, -0.1) is 0 Å². The summed E-state index contributed by atoms with van der Waals surface area (Å²) in [6.07, 6.45) is 0. The predicted octanol–water partition coefficient (Wildman–Crippen LogP) is 2.47. The van der Waals surface area contributed by atoms with Crippen molar-refractivity contribution in [2.75, 3.05) is 27.2 Å². The molecule has 28 heavy (non-hydrogen) atoms. The molecule has 0 heterocycles. The van der Waals surface area contributed by atoms with Crippen molar-refractivity contribution in [2.45, 2.75) is 24.8 Å². The molecule has 0 saturated carbocycles. The highest BCUT2D eigenvalue weighted by Crippen LogP contribution is 2.19. The van der Waals surface area contributed by atoms with Crippen molar-refractivity contribution in [3.8, 4) is 0 Å². The highest BCUT2D eigenvalue weighted by Gasteiger charge is 2.19. The zero-order valence-corrected chi connectivity index (χ0v) is 17.3. The SMILES string of the molecule is CCNS(=O)(=O)c1ccc(C)c(C(=O)NCC(c2ccc(F)cc2)N(C)C)c1. The molecule has 1 unspecified atom stereocenters. The van der Waals surface area contributed by atoms with E-state index in [1.54, 1.807) is 32.0 Å². The maximum absolute atomic E-state index is 13.2. The van der Waals surface area contributed by atoms with Crippen LogP contribution in [0.5, 0.6) is 0 Å². The standard InChI is InChI=1S/C20H26FN3O3S/c1-5-23-28(26,27)17-11-6-14(2)18(12-17)20(25)22-13-19(24(3)4)15-7-9-16(21)10-8-15/h6-12,19,23H,5,13H2,1-4H3,(H,22,25). The van der Waals surface area contributed by atoms with Crippen molar-refractivity contribution >= 4 is 15.9 Å². The lowest BCUT2D eigenvalue weighted by molar-refractivity contribution is 0.0941. The molecule has 1 atom stereocenters. The number of likely N-dealkylation sites (N-methyl/N-ethyl adjacent to an activating group) is 1. The smallest absolute Gasteiger partial charge is 0.251 e. The van der Waals surface area contributed by atoms with Gasteiger partial charge in [0.05, 0.1) is 10.9 Å². The van der Waals surface area contributed by atoms with Crippen LogP contribution in [0.3, 0.4) is 0 Å². The van der Waals surface area contributed by atoms with E-state index in [0.29, 0.717) is 17.7 Å². The lowest BCUT2D eigenvalue weighted by atomic mass is 10.0. The van der Waals surface area contributed by atoms with Gasteiger partial charge in [-0.2, -0.15) is 0 Å². The maximum atomic E-state index is 13.2. The number of sulfonamides is 1. The summed E-state index contributed by atoms with van der Waals surface area (Å²) in [5, 5.41) is 2.86. The minimum atomic E-state index is -3.65. The third-order valence-electron chi connectivity index (χ3n) is 4.43. The number of benzene rings is 2. The molecule has 8 heteroatoms. The van der Waals surface area contributed by atoms with Crippen molar-refractivity contribution < 1.29 is 17.6 Å². The molecule has 0 bridgehead atoms. The monoisotopic (exact) mass is 407 g/mol. The van der Waals surface area contributed by atoms with Gasteiger partial charge < -0.3 is 10.2 Å². The molecular formula is C20H26FN3O3S. The summed E-state index contributed by atoms with van der Waals surface area (Å²) in [7, 11) is 0.0915. The highest BCUT2D eigenvalue weighted by molar-refractivity contribution is 7.89. The lowest BCUT2D eigenvalue weighted by Gasteiger charge is -2.25. The van der Waals surface area contributed by atoms with Gasteiger partial charge in [-0.3, -0.25) is 4.79 Å². The quantitative estimate of drug-likeness (QED) is 0.705. The van der Waals surface area contributed by atoms with E-state index < -0.39 is 10.0 Å². The number of rotatable bonds is 8. The Bertz CT molecular complexity index is 928. The predicted molar refractivity (Wildman–Crippen MR) is 107 cm³/mol. The molecule has 0 aromatic heterocycles. The molecule has 0 aliphatic heterocycles. The van der Waals surface area contributed by atoms with E-state index in [2.05, 4.69) is 10.0 Å². The van der Waals surface area contributed by atoms with Crippen LogP contribution in [0.15, 0.2) is 47.4 Å². The number of carbonyl (C=O) groups is 1. The zero-order chi connectivity index (χ0) is 20.9. The molecule has 2 aromatic carbocycles. The summed E-state index contributed by atoms with van der Waals surface area (Å²) in [6, 6.07) is 10.4. The van der Waals surface area contributed by atoms with Crippen molar-refractivity contribution in [1.29, 1.82) is 0 Å². The first-order valence-corrected chi connectivity index (χ1v) is 10.4. The number of halogens is 1. The van der Waals surface area contributed by atoms with Gasteiger partial charge >= 0.3 is 0 Å². The van der Waals surface area contributed by atoms with E-state index in [0.717, 1.165) is 5.56 Å². The number of aryl methyl sites for hydroxylation is 1. The molecule has 2 aromatic rings. The summed E-state index contributed by atoms with van der Waals surface area (Å²) in [5.41, 5.74) is 1.85. The van der Waals surface area contributed by atoms with Gasteiger partial charge in [-0.05, 0) is 56.4 Å². The third-order valence-corrected chi connectivity index (χ3v) is 5.98. The van der Waals surface area contributed by atoms with Crippen LogP contribution in [-0.2, 0) is 10.0 Å². The summed E-state index contributed by atoms with van der Waals surface area (Å²) >= 11 is 0. The van der Waals surface area contributed by atoms with E-state index in [4.69, 9.17) is 0 Å². The number of amides is 1. The zero-order valence-electron chi connectivity index (χ0n) is 16.5. The molecule has 0 spiro atoms. The second-order valence-corrected chi connectivity index (χ2v) is 8.49. The number of carbonyl (C=O) groups excluding carboxylic acids is 1. The summed E-state index contributed by atoms with van der Waals surface area (Å²) in [5.74, 6) is -0.681. The van der Waals surface area contributed by atoms with Gasteiger partial charge in [0.2, 0.25) is 10.0 Å². The molecule has 0 aliphatic rings. The van der Waals surface area contributed by atoms with Crippen LogP contribution < -0.4 is 10.0 Å². The fraction of sp³-hybridized carbons (Fsp3) is 0.350. The summed E-state index contributed by atoms with van der Waals surface area (Å²) < 4.78 is 40.0. The number of nitrogens with zero attached hydrogens (tertiary/aromatic N) is 1. The molecule has 0 fully saturated rings. The highest BCUT2D eigenvalue weighted by atomic mass is 32.2. The topological polar surface area (TPSA) is 78.5 Å². The first-order chi connectivity index (χ1) is 13.2. The normalized spacial score (nSPS) is 12.8. The second-order valence-electron chi connectivity index (χ2n) is 6.72. The minimum Gasteiger partial charge on any atom is -0.350 e. The van der Waals surface area contributed by atoms with Crippen molar-refractivity contribution in [3.63, 3.8) is 0 Å². The summed E-state index contributed by atoms with van der Waals surface area (Å²) in [4.78, 5) is 14.7. The van der Waals surface area contributed by atoms with Gasteiger partial charge in [-0.25, -0.2) is 17.5 Å². The fourth-order valence-corrected chi connectivity index (χ4v) is 3.92. The molecule has 2 rings (SSSR count). The van der Waals surface area contributed by atoms with Gasteiger partial charge in [0.25, 0.3) is 5.91 Å². The molecular weight excluding hydrogens is 381 g/mol. The van der Waals surface area contributed by atoms with Crippen molar-refractivity contribution in [3.05, 3.63) is 65.0 Å². The van der Waals surface area contributed by atoms with Gasteiger partial charge in [0.15, 0.2) is 0 Å². The minimum absolute atomic E-state index is 0.0489. The summed E-state index contributed by atoms with van der Waals surface area (Å²) in [6.45, 7) is 4.00. The first kappa shape index (κ1) is 22.0. The largest absolute Gasteiger partial charge is 0.350 e.